The zero-order valence-electron chi connectivity index (χ0n) is 11.5. The van der Waals surface area contributed by atoms with Gasteiger partial charge in [-0.25, -0.2) is 8.78 Å². The molecule has 0 saturated carbocycles. The number of hydrogen-bond donors (Lipinski definition) is 0. The summed E-state index contributed by atoms with van der Waals surface area (Å²) in [7, 11) is 0. The number of aldehydes is 1. The number of rotatable bonds is 5. The standard InChI is InChI=1S/C15H16F2N2O/c1-3-14-11(9-20)15(4-2)19(18-14)8-10-5-6-12(16)13(17)7-10/h5-7,9H,3-4,8H2,1-2H3. The normalized spacial score (nSPS) is 10.8. The fourth-order valence-electron chi connectivity index (χ4n) is 2.28. The third kappa shape index (κ3) is 2.61. The van der Waals surface area contributed by atoms with Gasteiger partial charge in [-0.3, -0.25) is 9.48 Å². The lowest BCUT2D eigenvalue weighted by Gasteiger charge is -2.07. The molecule has 0 spiro atoms. The molecule has 1 heterocycles. The monoisotopic (exact) mass is 278 g/mol. The maximum Gasteiger partial charge on any atom is 0.159 e. The summed E-state index contributed by atoms with van der Waals surface area (Å²) in [5.41, 5.74) is 2.78. The molecule has 20 heavy (non-hydrogen) atoms. The Balaban J connectivity index is 2.39. The number of benzene rings is 1. The number of halogens is 2. The molecule has 0 aliphatic heterocycles. The maximum atomic E-state index is 13.2. The third-order valence-corrected chi connectivity index (χ3v) is 3.28. The predicted octanol–water partition coefficient (Wildman–Crippen LogP) is 3.15. The molecule has 0 N–H and O–H groups in total. The van der Waals surface area contributed by atoms with E-state index in [2.05, 4.69) is 5.10 Å². The second-order valence-corrected chi connectivity index (χ2v) is 4.54. The summed E-state index contributed by atoms with van der Waals surface area (Å²) in [6, 6.07) is 3.77. The van der Waals surface area contributed by atoms with Gasteiger partial charge in [0, 0.05) is 5.69 Å². The fourth-order valence-corrected chi connectivity index (χ4v) is 2.28. The Morgan fingerprint density at radius 3 is 2.50 bits per heavy atom. The predicted molar refractivity (Wildman–Crippen MR) is 71.8 cm³/mol. The smallest absolute Gasteiger partial charge is 0.159 e. The van der Waals surface area contributed by atoms with Crippen LogP contribution in [0.5, 0.6) is 0 Å². The largest absolute Gasteiger partial charge is 0.298 e. The molecular formula is C15H16F2N2O. The topological polar surface area (TPSA) is 34.9 Å². The zero-order valence-corrected chi connectivity index (χ0v) is 11.5. The minimum atomic E-state index is -0.876. The van der Waals surface area contributed by atoms with Crippen molar-refractivity contribution in [1.82, 2.24) is 9.78 Å². The Hall–Kier alpha value is -2.04. The molecule has 3 nitrogen and oxygen atoms in total. The molecule has 0 amide bonds. The quantitative estimate of drug-likeness (QED) is 0.787. The van der Waals surface area contributed by atoms with Gasteiger partial charge in [0.15, 0.2) is 17.9 Å². The van der Waals surface area contributed by atoms with Gasteiger partial charge in [-0.15, -0.1) is 0 Å². The number of carbonyl (C=O) groups excluding carboxylic acids is 1. The van der Waals surface area contributed by atoms with E-state index in [0.29, 0.717) is 30.5 Å². The van der Waals surface area contributed by atoms with Crippen LogP contribution in [0.3, 0.4) is 0 Å². The second kappa shape index (κ2) is 5.94. The van der Waals surface area contributed by atoms with E-state index in [1.54, 1.807) is 4.68 Å². The highest BCUT2D eigenvalue weighted by molar-refractivity contribution is 5.78. The van der Waals surface area contributed by atoms with Crippen LogP contribution in [0.15, 0.2) is 18.2 Å². The van der Waals surface area contributed by atoms with Crippen molar-refractivity contribution in [3.8, 4) is 0 Å². The Labute approximate surface area is 116 Å². The van der Waals surface area contributed by atoms with Crippen molar-refractivity contribution < 1.29 is 13.6 Å². The lowest BCUT2D eigenvalue weighted by atomic mass is 10.1. The molecular weight excluding hydrogens is 262 g/mol. The van der Waals surface area contributed by atoms with Crippen molar-refractivity contribution >= 4 is 6.29 Å². The first-order valence-electron chi connectivity index (χ1n) is 6.58. The van der Waals surface area contributed by atoms with Crippen LogP contribution in [0.1, 0.15) is 41.2 Å². The summed E-state index contributed by atoms with van der Waals surface area (Å²) in [4.78, 5) is 11.2. The Kier molecular flexibility index (Phi) is 4.27. The van der Waals surface area contributed by atoms with Crippen molar-refractivity contribution in [2.75, 3.05) is 0 Å². The molecule has 0 fully saturated rings. The summed E-state index contributed by atoms with van der Waals surface area (Å²) < 4.78 is 27.8. The highest BCUT2D eigenvalue weighted by Crippen LogP contribution is 2.17. The lowest BCUT2D eigenvalue weighted by Crippen LogP contribution is -2.07. The van der Waals surface area contributed by atoms with Crippen molar-refractivity contribution in [3.05, 3.63) is 52.3 Å². The van der Waals surface area contributed by atoms with E-state index in [4.69, 9.17) is 0 Å². The van der Waals surface area contributed by atoms with E-state index in [1.807, 2.05) is 13.8 Å². The van der Waals surface area contributed by atoms with Gasteiger partial charge < -0.3 is 0 Å². The molecule has 0 aliphatic carbocycles. The molecule has 0 saturated heterocycles. The van der Waals surface area contributed by atoms with Crippen LogP contribution in [0, 0.1) is 11.6 Å². The first-order chi connectivity index (χ1) is 9.60. The Morgan fingerprint density at radius 1 is 1.20 bits per heavy atom. The highest BCUT2D eigenvalue weighted by atomic mass is 19.2. The molecule has 2 aromatic rings. The molecule has 0 aliphatic rings. The highest BCUT2D eigenvalue weighted by Gasteiger charge is 2.15. The van der Waals surface area contributed by atoms with Gasteiger partial charge in [-0.1, -0.05) is 19.9 Å². The van der Waals surface area contributed by atoms with Crippen LogP contribution in [-0.4, -0.2) is 16.1 Å². The molecule has 106 valence electrons. The minimum Gasteiger partial charge on any atom is -0.298 e. The third-order valence-electron chi connectivity index (χ3n) is 3.28. The maximum absolute atomic E-state index is 13.2. The van der Waals surface area contributed by atoms with Crippen molar-refractivity contribution in [2.45, 2.75) is 33.2 Å². The summed E-state index contributed by atoms with van der Waals surface area (Å²) in [6.45, 7) is 4.18. The van der Waals surface area contributed by atoms with Crippen LogP contribution in [0.25, 0.3) is 0 Å². The van der Waals surface area contributed by atoms with Gasteiger partial charge in [0.25, 0.3) is 0 Å². The van der Waals surface area contributed by atoms with Crippen LogP contribution in [-0.2, 0) is 19.4 Å². The van der Waals surface area contributed by atoms with Crippen molar-refractivity contribution in [3.63, 3.8) is 0 Å². The molecule has 5 heteroatoms. The SMILES string of the molecule is CCc1nn(Cc2ccc(F)c(F)c2)c(CC)c1C=O. The van der Waals surface area contributed by atoms with Crippen LogP contribution in [0.4, 0.5) is 8.78 Å². The summed E-state index contributed by atoms with van der Waals surface area (Å²) in [6.07, 6.45) is 2.13. The molecule has 1 aromatic heterocycles. The van der Waals surface area contributed by atoms with Crippen molar-refractivity contribution in [2.24, 2.45) is 0 Å². The first-order valence-corrected chi connectivity index (χ1v) is 6.58. The molecule has 2 rings (SSSR count). The average Bonchev–Trinajstić information content (AvgIpc) is 2.79. The number of carbonyl (C=O) groups is 1. The van der Waals surface area contributed by atoms with E-state index < -0.39 is 11.6 Å². The van der Waals surface area contributed by atoms with Crippen LogP contribution < -0.4 is 0 Å². The number of hydrogen-bond acceptors (Lipinski definition) is 2. The van der Waals surface area contributed by atoms with Gasteiger partial charge in [0.2, 0.25) is 0 Å². The van der Waals surface area contributed by atoms with E-state index in [1.165, 1.54) is 6.07 Å². The number of aryl methyl sites for hydroxylation is 1. The first kappa shape index (κ1) is 14.4. The van der Waals surface area contributed by atoms with Gasteiger partial charge in [0.1, 0.15) is 0 Å². The number of nitrogens with zero attached hydrogens (tertiary/aromatic N) is 2. The lowest BCUT2D eigenvalue weighted by molar-refractivity contribution is 0.112. The summed E-state index contributed by atoms with van der Waals surface area (Å²) in [5, 5.41) is 4.39. The molecule has 0 radical (unpaired) electrons. The van der Waals surface area contributed by atoms with Gasteiger partial charge in [0.05, 0.1) is 17.8 Å². The second-order valence-electron chi connectivity index (χ2n) is 4.54. The summed E-state index contributed by atoms with van der Waals surface area (Å²) in [5.74, 6) is -1.74. The Bertz CT molecular complexity index is 635. The molecule has 0 bridgehead atoms. The zero-order chi connectivity index (χ0) is 14.7. The van der Waals surface area contributed by atoms with Gasteiger partial charge in [-0.2, -0.15) is 5.10 Å². The van der Waals surface area contributed by atoms with Gasteiger partial charge >= 0.3 is 0 Å². The van der Waals surface area contributed by atoms with E-state index in [0.717, 1.165) is 29.8 Å². The number of aromatic nitrogens is 2. The van der Waals surface area contributed by atoms with Gasteiger partial charge in [-0.05, 0) is 30.5 Å². The average molecular weight is 278 g/mol. The Morgan fingerprint density at radius 2 is 1.95 bits per heavy atom. The van der Waals surface area contributed by atoms with E-state index >= 15 is 0 Å². The minimum absolute atomic E-state index is 0.321. The summed E-state index contributed by atoms with van der Waals surface area (Å²) >= 11 is 0. The molecule has 1 aromatic carbocycles. The van der Waals surface area contributed by atoms with Crippen molar-refractivity contribution in [1.29, 1.82) is 0 Å². The molecule has 0 atom stereocenters. The molecule has 0 unspecified atom stereocenters. The van der Waals surface area contributed by atoms with E-state index in [9.17, 15) is 13.6 Å². The van der Waals surface area contributed by atoms with Crippen LogP contribution in [0.2, 0.25) is 0 Å². The van der Waals surface area contributed by atoms with E-state index in [-0.39, 0.29) is 0 Å². The fraction of sp³-hybridized carbons (Fsp3) is 0.333. The van der Waals surface area contributed by atoms with Crippen LogP contribution >= 0.6 is 0 Å².